The number of unbranched alkanes of at least 4 members (excludes halogenated alkanes) is 12. The van der Waals surface area contributed by atoms with E-state index in [1.165, 1.54) is 64.2 Å². The van der Waals surface area contributed by atoms with Gasteiger partial charge in [-0.1, -0.05) is 159 Å². The van der Waals surface area contributed by atoms with Gasteiger partial charge in [0.25, 0.3) is 0 Å². The average molecular weight is 659 g/mol. The molecule has 0 aromatic rings. The Hall–Kier alpha value is -2.44. The van der Waals surface area contributed by atoms with Crippen LogP contribution in [0.1, 0.15) is 156 Å². The van der Waals surface area contributed by atoms with Crippen molar-refractivity contribution in [2.45, 2.75) is 168 Å². The minimum absolute atomic E-state index is 0.151. The third-order valence-electron chi connectivity index (χ3n) is 7.78. The van der Waals surface area contributed by atoms with Crippen LogP contribution >= 0.6 is 0 Å². The summed E-state index contributed by atoms with van der Waals surface area (Å²) in [6.07, 6.45) is 40.2. The van der Waals surface area contributed by atoms with Crippen LogP contribution < -0.4 is 0 Å². The Morgan fingerprint density at radius 3 is 1.70 bits per heavy atom. The van der Waals surface area contributed by atoms with Gasteiger partial charge in [0.1, 0.15) is 19.3 Å². The minimum atomic E-state index is -1.01. The highest BCUT2D eigenvalue weighted by molar-refractivity contribution is 5.69. The Labute approximate surface area is 288 Å². The fraction of sp³-hybridized carbons (Fsp3) is 0.707. The molecule has 2 N–H and O–H groups in total. The maximum atomic E-state index is 11.9. The molecule has 0 radical (unpaired) electrons. The number of carbonyl (C=O) groups is 2. The molecule has 0 aliphatic heterocycles. The molecule has 0 aliphatic carbocycles. The molecular weight excluding hydrogens is 588 g/mol. The van der Waals surface area contributed by atoms with E-state index in [4.69, 9.17) is 9.47 Å². The first-order valence-corrected chi connectivity index (χ1v) is 18.8. The number of hydrogen-bond acceptors (Lipinski definition) is 6. The summed E-state index contributed by atoms with van der Waals surface area (Å²) in [5, 5.41) is 19.9. The Morgan fingerprint density at radius 2 is 1.11 bits per heavy atom. The number of aliphatic hydroxyl groups excluding tert-OH is 2. The van der Waals surface area contributed by atoms with Crippen LogP contribution in [-0.2, 0) is 19.1 Å². The van der Waals surface area contributed by atoms with Gasteiger partial charge in [-0.25, -0.2) is 0 Å². The molecule has 0 aromatic carbocycles. The van der Waals surface area contributed by atoms with E-state index in [9.17, 15) is 19.8 Å². The molecule has 0 saturated carbocycles. The Morgan fingerprint density at radius 1 is 0.596 bits per heavy atom. The second kappa shape index (κ2) is 34.9. The Balaban J connectivity index is 3.62. The predicted molar refractivity (Wildman–Crippen MR) is 197 cm³/mol. The number of rotatable bonds is 32. The van der Waals surface area contributed by atoms with Crippen LogP contribution in [0.25, 0.3) is 0 Å². The lowest BCUT2D eigenvalue weighted by atomic mass is 10.0. The van der Waals surface area contributed by atoms with Gasteiger partial charge in [0.05, 0.1) is 6.10 Å². The van der Waals surface area contributed by atoms with Crippen molar-refractivity contribution < 1.29 is 29.3 Å². The van der Waals surface area contributed by atoms with Crippen molar-refractivity contribution in [3.05, 3.63) is 60.8 Å². The highest BCUT2D eigenvalue weighted by Gasteiger charge is 2.12. The SMILES string of the molecule is CC/C=C\C/C=C\CC(O)/C=C/C=C\C/C=C\CCCC(=O)OC[C@H](O)COC(=O)CCCCCCCCCCCCCCC(C)C. The molecule has 2 atom stereocenters. The van der Waals surface area contributed by atoms with E-state index >= 15 is 0 Å². The van der Waals surface area contributed by atoms with E-state index in [1.807, 2.05) is 36.5 Å². The summed E-state index contributed by atoms with van der Waals surface area (Å²) in [4.78, 5) is 23.9. The van der Waals surface area contributed by atoms with Crippen LogP contribution in [0.4, 0.5) is 0 Å². The lowest BCUT2D eigenvalue weighted by Crippen LogP contribution is -2.25. The minimum Gasteiger partial charge on any atom is -0.463 e. The normalized spacial score (nSPS) is 13.7. The molecular formula is C41H70O6. The quantitative estimate of drug-likeness (QED) is 0.0323. The van der Waals surface area contributed by atoms with Crippen LogP contribution in [-0.4, -0.2) is 47.6 Å². The number of aliphatic hydroxyl groups is 2. The topological polar surface area (TPSA) is 93.1 Å². The van der Waals surface area contributed by atoms with Gasteiger partial charge in [-0.3, -0.25) is 9.59 Å². The molecule has 6 nitrogen and oxygen atoms in total. The maximum absolute atomic E-state index is 11.9. The number of ether oxygens (including phenoxy) is 2. The summed E-state index contributed by atoms with van der Waals surface area (Å²) in [7, 11) is 0. The van der Waals surface area contributed by atoms with Crippen LogP contribution in [0.3, 0.4) is 0 Å². The van der Waals surface area contributed by atoms with E-state index < -0.39 is 12.2 Å². The summed E-state index contributed by atoms with van der Waals surface area (Å²) in [5.41, 5.74) is 0. The van der Waals surface area contributed by atoms with Gasteiger partial charge in [0.2, 0.25) is 0 Å². The molecule has 0 fully saturated rings. The molecule has 0 spiro atoms. The lowest BCUT2D eigenvalue weighted by molar-refractivity contribution is -0.152. The lowest BCUT2D eigenvalue weighted by Gasteiger charge is -2.12. The highest BCUT2D eigenvalue weighted by atomic mass is 16.6. The average Bonchev–Trinajstić information content (AvgIpc) is 3.05. The van der Waals surface area contributed by atoms with E-state index in [2.05, 4.69) is 39.0 Å². The first-order valence-electron chi connectivity index (χ1n) is 18.8. The number of esters is 2. The fourth-order valence-corrected chi connectivity index (χ4v) is 4.92. The zero-order valence-corrected chi connectivity index (χ0v) is 30.3. The van der Waals surface area contributed by atoms with Crippen molar-refractivity contribution in [1.29, 1.82) is 0 Å². The van der Waals surface area contributed by atoms with E-state index in [-0.39, 0.29) is 31.6 Å². The van der Waals surface area contributed by atoms with E-state index in [1.54, 1.807) is 6.08 Å². The molecule has 0 bridgehead atoms. The third kappa shape index (κ3) is 36.2. The summed E-state index contributed by atoms with van der Waals surface area (Å²) in [6, 6.07) is 0. The van der Waals surface area contributed by atoms with Crippen molar-refractivity contribution in [1.82, 2.24) is 0 Å². The standard InChI is InChI=1S/C41H70O6/c1-4-5-6-7-21-26-31-38(42)32-27-22-17-14-15-19-24-29-34-41(45)47-36-39(43)35-46-40(44)33-28-23-18-13-11-9-8-10-12-16-20-25-30-37(2)3/h5-6,15,17,19,21-22,26-27,32,37-39,42-43H,4,7-14,16,18,20,23-25,28-31,33-36H2,1-3H3/b6-5-,19-15-,22-17-,26-21-,32-27+/t38?,39-/m1/s1. The molecule has 6 heteroatoms. The fourth-order valence-electron chi connectivity index (χ4n) is 4.92. The summed E-state index contributed by atoms with van der Waals surface area (Å²) in [5.74, 6) is 0.162. The monoisotopic (exact) mass is 659 g/mol. The van der Waals surface area contributed by atoms with Crippen LogP contribution in [0.5, 0.6) is 0 Å². The van der Waals surface area contributed by atoms with Gasteiger partial charge in [0.15, 0.2) is 0 Å². The first-order chi connectivity index (χ1) is 22.8. The molecule has 0 rings (SSSR count). The van der Waals surface area contributed by atoms with E-state index in [0.29, 0.717) is 19.3 Å². The van der Waals surface area contributed by atoms with Gasteiger partial charge in [-0.2, -0.15) is 0 Å². The first kappa shape index (κ1) is 44.6. The number of carbonyl (C=O) groups excluding carboxylic acids is 2. The zero-order chi connectivity index (χ0) is 34.6. The molecule has 0 amide bonds. The van der Waals surface area contributed by atoms with Crippen molar-refractivity contribution in [2.24, 2.45) is 5.92 Å². The Bertz CT molecular complexity index is 869. The van der Waals surface area contributed by atoms with Crippen molar-refractivity contribution in [3.8, 4) is 0 Å². The predicted octanol–water partition coefficient (Wildman–Crippen LogP) is 10.4. The Kier molecular flexibility index (Phi) is 33.1. The summed E-state index contributed by atoms with van der Waals surface area (Å²) in [6.45, 7) is 6.39. The summed E-state index contributed by atoms with van der Waals surface area (Å²) < 4.78 is 10.3. The largest absolute Gasteiger partial charge is 0.463 e. The van der Waals surface area contributed by atoms with Crippen LogP contribution in [0.15, 0.2) is 60.8 Å². The molecule has 47 heavy (non-hydrogen) atoms. The zero-order valence-electron chi connectivity index (χ0n) is 30.3. The molecule has 270 valence electrons. The highest BCUT2D eigenvalue weighted by Crippen LogP contribution is 2.14. The smallest absolute Gasteiger partial charge is 0.305 e. The molecule has 1 unspecified atom stereocenters. The van der Waals surface area contributed by atoms with Crippen LogP contribution in [0, 0.1) is 5.92 Å². The van der Waals surface area contributed by atoms with Gasteiger partial charge in [-0.15, -0.1) is 0 Å². The van der Waals surface area contributed by atoms with Crippen molar-refractivity contribution in [2.75, 3.05) is 13.2 Å². The number of allylic oxidation sites excluding steroid dienone is 8. The third-order valence-corrected chi connectivity index (χ3v) is 7.78. The van der Waals surface area contributed by atoms with Gasteiger partial charge in [-0.05, 0) is 50.9 Å². The van der Waals surface area contributed by atoms with E-state index in [0.717, 1.165) is 50.9 Å². The van der Waals surface area contributed by atoms with Crippen LogP contribution in [0.2, 0.25) is 0 Å². The molecule has 0 heterocycles. The number of hydrogen-bond donors (Lipinski definition) is 2. The second-order valence-electron chi connectivity index (χ2n) is 13.0. The van der Waals surface area contributed by atoms with Crippen molar-refractivity contribution in [3.63, 3.8) is 0 Å². The van der Waals surface area contributed by atoms with Gasteiger partial charge < -0.3 is 19.7 Å². The molecule has 0 aromatic heterocycles. The maximum Gasteiger partial charge on any atom is 0.305 e. The summed E-state index contributed by atoms with van der Waals surface area (Å²) >= 11 is 0. The van der Waals surface area contributed by atoms with Gasteiger partial charge >= 0.3 is 11.9 Å². The molecule has 0 saturated heterocycles. The second-order valence-corrected chi connectivity index (χ2v) is 13.0. The van der Waals surface area contributed by atoms with Crippen molar-refractivity contribution >= 4 is 11.9 Å². The molecule has 0 aliphatic rings. The van der Waals surface area contributed by atoms with Gasteiger partial charge in [0, 0.05) is 12.8 Å².